The molecule has 0 rings (SSSR count). The van der Waals surface area contributed by atoms with E-state index in [2.05, 4.69) is 10.1 Å². The number of hydrogen-bond donors (Lipinski definition) is 2. The molecule has 0 aromatic carbocycles. The van der Waals surface area contributed by atoms with Crippen LogP contribution in [0.4, 0.5) is 4.79 Å². The summed E-state index contributed by atoms with van der Waals surface area (Å²) in [6, 6.07) is 0. The van der Waals surface area contributed by atoms with Crippen molar-refractivity contribution < 1.29 is 14.6 Å². The number of nitrogens with one attached hydrogen (secondary N) is 1. The number of aliphatic hydroxyl groups is 1. The highest BCUT2D eigenvalue weighted by Crippen LogP contribution is 1.99. The van der Waals surface area contributed by atoms with Crippen molar-refractivity contribution in [2.45, 2.75) is 6.42 Å². The van der Waals surface area contributed by atoms with Gasteiger partial charge in [-0.1, -0.05) is 0 Å². The highest BCUT2D eigenvalue weighted by Gasteiger charge is 1.95. The van der Waals surface area contributed by atoms with E-state index in [1.54, 1.807) is 11.8 Å². The lowest BCUT2D eigenvalue weighted by Gasteiger charge is -2.02. The van der Waals surface area contributed by atoms with Gasteiger partial charge in [0, 0.05) is 18.9 Å². The van der Waals surface area contributed by atoms with Gasteiger partial charge in [-0.25, -0.2) is 4.79 Å². The van der Waals surface area contributed by atoms with Gasteiger partial charge in [-0.05, 0) is 12.2 Å². The van der Waals surface area contributed by atoms with Crippen LogP contribution < -0.4 is 5.32 Å². The first-order valence-electron chi connectivity index (χ1n) is 3.81. The van der Waals surface area contributed by atoms with Gasteiger partial charge in [0.05, 0.1) is 7.11 Å². The molecule has 0 aliphatic heterocycles. The van der Waals surface area contributed by atoms with Crippen LogP contribution in [0.15, 0.2) is 0 Å². The maximum atomic E-state index is 10.5. The first kappa shape index (κ1) is 11.6. The molecule has 1 amide bonds. The largest absolute Gasteiger partial charge is 0.453 e. The summed E-state index contributed by atoms with van der Waals surface area (Å²) in [6.07, 6.45) is 0.417. The molecule has 0 aliphatic rings. The molecule has 0 atom stereocenters. The fourth-order valence-corrected chi connectivity index (χ4v) is 1.35. The van der Waals surface area contributed by atoms with Crippen LogP contribution >= 0.6 is 11.8 Å². The van der Waals surface area contributed by atoms with Crippen LogP contribution in [-0.2, 0) is 4.74 Å². The van der Waals surface area contributed by atoms with Gasteiger partial charge in [0.15, 0.2) is 0 Å². The van der Waals surface area contributed by atoms with E-state index < -0.39 is 6.09 Å². The lowest BCUT2D eigenvalue weighted by molar-refractivity contribution is 0.172. The Hall–Kier alpha value is -0.420. The monoisotopic (exact) mass is 193 g/mol. The van der Waals surface area contributed by atoms with E-state index in [1.807, 2.05) is 0 Å². The number of hydrogen-bond acceptors (Lipinski definition) is 4. The molecule has 0 saturated heterocycles. The van der Waals surface area contributed by atoms with E-state index in [1.165, 1.54) is 7.11 Å². The number of amides is 1. The van der Waals surface area contributed by atoms with E-state index in [9.17, 15) is 4.79 Å². The van der Waals surface area contributed by atoms with Crippen molar-refractivity contribution in [1.29, 1.82) is 0 Å². The Balaban J connectivity index is 2.95. The molecule has 0 aliphatic carbocycles. The molecule has 72 valence electrons. The van der Waals surface area contributed by atoms with Crippen molar-refractivity contribution >= 4 is 17.9 Å². The molecule has 0 bridgehead atoms. The number of alkyl carbamates (subject to hydrolysis) is 1. The molecule has 5 heteroatoms. The Morgan fingerprint density at radius 3 is 2.92 bits per heavy atom. The smallest absolute Gasteiger partial charge is 0.406 e. The second kappa shape index (κ2) is 8.67. The van der Waals surface area contributed by atoms with Crippen molar-refractivity contribution in [3.05, 3.63) is 0 Å². The Bertz CT molecular complexity index is 121. The van der Waals surface area contributed by atoms with Crippen molar-refractivity contribution in [2.24, 2.45) is 0 Å². The number of aliphatic hydroxyl groups excluding tert-OH is 1. The zero-order chi connectivity index (χ0) is 9.23. The van der Waals surface area contributed by atoms with Gasteiger partial charge in [0.1, 0.15) is 0 Å². The van der Waals surface area contributed by atoms with Crippen molar-refractivity contribution in [3.63, 3.8) is 0 Å². The zero-order valence-corrected chi connectivity index (χ0v) is 8.02. The van der Waals surface area contributed by atoms with Gasteiger partial charge >= 0.3 is 6.09 Å². The van der Waals surface area contributed by atoms with Gasteiger partial charge in [0.2, 0.25) is 0 Å². The second-order valence-corrected chi connectivity index (χ2v) is 3.33. The SMILES string of the molecule is COC(=O)NCCSCCCO. The van der Waals surface area contributed by atoms with Crippen LogP contribution in [0.1, 0.15) is 6.42 Å². The third-order valence-corrected chi connectivity index (χ3v) is 2.22. The van der Waals surface area contributed by atoms with E-state index in [-0.39, 0.29) is 6.61 Å². The molecule has 12 heavy (non-hydrogen) atoms. The number of ether oxygens (including phenoxy) is 1. The normalized spacial score (nSPS) is 9.50. The zero-order valence-electron chi connectivity index (χ0n) is 7.21. The minimum Gasteiger partial charge on any atom is -0.453 e. The molecule has 0 unspecified atom stereocenters. The highest BCUT2D eigenvalue weighted by molar-refractivity contribution is 7.99. The van der Waals surface area contributed by atoms with Crippen LogP contribution in [-0.4, -0.2) is 43.0 Å². The standard InChI is InChI=1S/C7H15NO3S/c1-11-7(10)8-3-6-12-5-2-4-9/h9H,2-6H2,1H3,(H,8,10). The lowest BCUT2D eigenvalue weighted by Crippen LogP contribution is -2.25. The fraction of sp³-hybridized carbons (Fsp3) is 0.857. The minimum absolute atomic E-state index is 0.234. The predicted molar refractivity (Wildman–Crippen MR) is 49.4 cm³/mol. The first-order chi connectivity index (χ1) is 5.81. The minimum atomic E-state index is -0.391. The molecule has 0 aromatic rings. The number of carbonyl (C=O) groups is 1. The van der Waals surface area contributed by atoms with E-state index in [4.69, 9.17) is 5.11 Å². The molecule has 0 heterocycles. The Labute approximate surface area is 76.7 Å². The summed E-state index contributed by atoms with van der Waals surface area (Å²) in [6.45, 7) is 0.847. The summed E-state index contributed by atoms with van der Waals surface area (Å²) in [5.74, 6) is 1.79. The summed E-state index contributed by atoms with van der Waals surface area (Å²) in [5.41, 5.74) is 0. The molecule has 0 aromatic heterocycles. The molecular formula is C7H15NO3S. The van der Waals surface area contributed by atoms with Gasteiger partial charge < -0.3 is 15.2 Å². The maximum Gasteiger partial charge on any atom is 0.406 e. The molecule has 0 fully saturated rings. The Morgan fingerprint density at radius 2 is 2.33 bits per heavy atom. The Morgan fingerprint density at radius 1 is 1.58 bits per heavy atom. The van der Waals surface area contributed by atoms with Crippen LogP contribution in [0.25, 0.3) is 0 Å². The molecule has 4 nitrogen and oxygen atoms in total. The number of carbonyl (C=O) groups excluding carboxylic acids is 1. The average molecular weight is 193 g/mol. The number of rotatable bonds is 6. The maximum absolute atomic E-state index is 10.5. The summed E-state index contributed by atoms with van der Waals surface area (Å²) in [7, 11) is 1.34. The van der Waals surface area contributed by atoms with Crippen LogP contribution in [0.5, 0.6) is 0 Å². The van der Waals surface area contributed by atoms with Gasteiger partial charge in [-0.2, -0.15) is 11.8 Å². The van der Waals surface area contributed by atoms with Gasteiger partial charge in [0.25, 0.3) is 0 Å². The summed E-state index contributed by atoms with van der Waals surface area (Å²) in [5, 5.41) is 11.0. The number of methoxy groups -OCH3 is 1. The van der Waals surface area contributed by atoms with Crippen molar-refractivity contribution in [1.82, 2.24) is 5.32 Å². The second-order valence-electron chi connectivity index (χ2n) is 2.11. The van der Waals surface area contributed by atoms with Crippen LogP contribution in [0.2, 0.25) is 0 Å². The van der Waals surface area contributed by atoms with Crippen molar-refractivity contribution in [3.8, 4) is 0 Å². The van der Waals surface area contributed by atoms with E-state index >= 15 is 0 Å². The average Bonchev–Trinajstić information content (AvgIpc) is 2.10. The fourth-order valence-electron chi connectivity index (χ4n) is 0.566. The van der Waals surface area contributed by atoms with Crippen LogP contribution in [0.3, 0.4) is 0 Å². The number of thioether (sulfide) groups is 1. The molecule has 0 spiro atoms. The third kappa shape index (κ3) is 7.68. The van der Waals surface area contributed by atoms with Gasteiger partial charge in [-0.3, -0.25) is 0 Å². The topological polar surface area (TPSA) is 58.6 Å². The van der Waals surface area contributed by atoms with E-state index in [0.29, 0.717) is 6.54 Å². The first-order valence-corrected chi connectivity index (χ1v) is 4.97. The molecular weight excluding hydrogens is 178 g/mol. The van der Waals surface area contributed by atoms with Crippen LogP contribution in [0, 0.1) is 0 Å². The molecule has 0 radical (unpaired) electrons. The third-order valence-electron chi connectivity index (χ3n) is 1.15. The molecule has 2 N–H and O–H groups in total. The Kier molecular flexibility index (Phi) is 8.37. The highest BCUT2D eigenvalue weighted by atomic mass is 32.2. The summed E-state index contributed by atoms with van der Waals surface area (Å²) >= 11 is 1.70. The predicted octanol–water partition coefficient (Wildman–Crippen LogP) is 0.458. The van der Waals surface area contributed by atoms with Gasteiger partial charge in [-0.15, -0.1) is 0 Å². The molecule has 0 saturated carbocycles. The lowest BCUT2D eigenvalue weighted by atomic mass is 10.5. The van der Waals surface area contributed by atoms with E-state index in [0.717, 1.165) is 17.9 Å². The summed E-state index contributed by atoms with van der Waals surface area (Å²) < 4.78 is 4.38. The van der Waals surface area contributed by atoms with Crippen molar-refractivity contribution in [2.75, 3.05) is 31.8 Å². The quantitative estimate of drug-likeness (QED) is 0.602. The summed E-state index contributed by atoms with van der Waals surface area (Å²) in [4.78, 5) is 10.5.